The van der Waals surface area contributed by atoms with Gasteiger partial charge in [0.25, 0.3) is 0 Å². The summed E-state index contributed by atoms with van der Waals surface area (Å²) in [7, 11) is 0. The molecular formula is C25H28FN5O2. The summed E-state index contributed by atoms with van der Waals surface area (Å²) in [5.41, 5.74) is 2.94. The third-order valence-electron chi connectivity index (χ3n) is 6.33. The second-order valence-corrected chi connectivity index (χ2v) is 8.59. The normalized spacial score (nSPS) is 16.5. The molecule has 1 saturated heterocycles. The summed E-state index contributed by atoms with van der Waals surface area (Å²) in [6.45, 7) is 5.41. The van der Waals surface area contributed by atoms with E-state index in [0.29, 0.717) is 24.7 Å². The van der Waals surface area contributed by atoms with E-state index < -0.39 is 0 Å². The molecule has 1 aromatic carbocycles. The van der Waals surface area contributed by atoms with Crippen molar-refractivity contribution in [1.82, 2.24) is 14.9 Å². The van der Waals surface area contributed by atoms with E-state index in [1.54, 1.807) is 6.07 Å². The fourth-order valence-corrected chi connectivity index (χ4v) is 4.51. The number of aryl methyl sites for hydroxylation is 1. The van der Waals surface area contributed by atoms with Crippen molar-refractivity contribution in [3.63, 3.8) is 0 Å². The van der Waals surface area contributed by atoms with Crippen LogP contribution in [0.25, 0.3) is 10.9 Å². The summed E-state index contributed by atoms with van der Waals surface area (Å²) in [5.74, 6) is 0.902. The third kappa shape index (κ3) is 5.06. The number of benzene rings is 1. The number of halogens is 1. The molecule has 33 heavy (non-hydrogen) atoms. The first-order chi connectivity index (χ1) is 16.2. The number of ether oxygens (including phenoxy) is 1. The number of unbranched alkanes of at least 4 members (excludes halogenated alkanes) is 1. The van der Waals surface area contributed by atoms with E-state index >= 15 is 0 Å². The van der Waals surface area contributed by atoms with E-state index in [1.165, 1.54) is 6.20 Å². The number of fused-ring (bicyclic) bond motifs is 2. The van der Waals surface area contributed by atoms with Gasteiger partial charge in [-0.3, -0.25) is 14.7 Å². The third-order valence-corrected chi connectivity index (χ3v) is 6.33. The molecule has 0 aliphatic carbocycles. The minimum Gasteiger partial charge on any atom is -0.478 e. The quantitative estimate of drug-likeness (QED) is 0.556. The van der Waals surface area contributed by atoms with Gasteiger partial charge in [0.15, 0.2) is 0 Å². The number of rotatable bonds is 7. The van der Waals surface area contributed by atoms with Gasteiger partial charge >= 0.3 is 0 Å². The molecule has 2 aromatic heterocycles. The number of nitrogens with one attached hydrogen (secondary N) is 1. The molecule has 1 N–H and O–H groups in total. The first-order valence-electron chi connectivity index (χ1n) is 11.6. The Kier molecular flexibility index (Phi) is 6.35. The highest BCUT2D eigenvalue weighted by Crippen LogP contribution is 2.27. The van der Waals surface area contributed by atoms with Crippen molar-refractivity contribution in [2.24, 2.45) is 0 Å². The zero-order valence-corrected chi connectivity index (χ0v) is 18.6. The van der Waals surface area contributed by atoms with Gasteiger partial charge in [0.2, 0.25) is 11.8 Å². The summed E-state index contributed by atoms with van der Waals surface area (Å²) in [5, 5.41) is 3.68. The van der Waals surface area contributed by atoms with Crippen LogP contribution < -0.4 is 15.0 Å². The molecule has 172 valence electrons. The number of hydrogen-bond acceptors (Lipinski definition) is 6. The highest BCUT2D eigenvalue weighted by atomic mass is 19.1. The van der Waals surface area contributed by atoms with Crippen LogP contribution in [-0.2, 0) is 11.2 Å². The molecule has 2 aliphatic heterocycles. The fourth-order valence-electron chi connectivity index (χ4n) is 4.51. The van der Waals surface area contributed by atoms with Crippen molar-refractivity contribution < 1.29 is 13.9 Å². The van der Waals surface area contributed by atoms with Crippen molar-refractivity contribution in [3.05, 3.63) is 54.0 Å². The zero-order chi connectivity index (χ0) is 22.6. The lowest BCUT2D eigenvalue weighted by atomic mass is 10.1. The summed E-state index contributed by atoms with van der Waals surface area (Å²) < 4.78 is 19.5. The Labute approximate surface area is 192 Å². The van der Waals surface area contributed by atoms with Crippen molar-refractivity contribution in [2.75, 3.05) is 49.5 Å². The topological polar surface area (TPSA) is 70.6 Å². The molecule has 0 bridgehead atoms. The van der Waals surface area contributed by atoms with Gasteiger partial charge in [-0.2, -0.15) is 4.98 Å². The monoisotopic (exact) mass is 449 g/mol. The van der Waals surface area contributed by atoms with E-state index in [0.717, 1.165) is 74.1 Å². The minimum atomic E-state index is -0.300. The number of anilines is 2. The molecule has 2 aliphatic rings. The van der Waals surface area contributed by atoms with Gasteiger partial charge in [0, 0.05) is 49.7 Å². The van der Waals surface area contributed by atoms with Crippen molar-refractivity contribution in [1.29, 1.82) is 0 Å². The van der Waals surface area contributed by atoms with Crippen molar-refractivity contribution >= 4 is 28.3 Å². The lowest BCUT2D eigenvalue weighted by Crippen LogP contribution is -2.46. The maximum atomic E-state index is 13.7. The van der Waals surface area contributed by atoms with Gasteiger partial charge in [0.05, 0.1) is 18.3 Å². The number of pyridine rings is 2. The van der Waals surface area contributed by atoms with Gasteiger partial charge < -0.3 is 15.0 Å². The summed E-state index contributed by atoms with van der Waals surface area (Å²) in [6.07, 6.45) is 4.51. The maximum Gasteiger partial charge on any atom is 0.225 e. The van der Waals surface area contributed by atoms with Crippen LogP contribution in [0.1, 0.15) is 24.8 Å². The molecule has 1 fully saturated rings. The average Bonchev–Trinajstić information content (AvgIpc) is 2.83. The van der Waals surface area contributed by atoms with Crippen LogP contribution in [0.4, 0.5) is 15.9 Å². The van der Waals surface area contributed by atoms with Crippen LogP contribution in [0, 0.1) is 5.82 Å². The first-order valence-corrected chi connectivity index (χ1v) is 11.6. The largest absolute Gasteiger partial charge is 0.478 e. The zero-order valence-electron chi connectivity index (χ0n) is 18.6. The molecule has 5 rings (SSSR count). The molecule has 1 amide bonds. The lowest BCUT2D eigenvalue weighted by molar-refractivity contribution is -0.116. The van der Waals surface area contributed by atoms with E-state index in [-0.39, 0.29) is 11.7 Å². The number of amides is 1. The highest BCUT2D eigenvalue weighted by molar-refractivity contribution is 5.93. The first kappa shape index (κ1) is 21.6. The predicted molar refractivity (Wildman–Crippen MR) is 126 cm³/mol. The average molecular weight is 450 g/mol. The minimum absolute atomic E-state index is 0.0107. The summed E-state index contributed by atoms with van der Waals surface area (Å²) >= 11 is 0. The van der Waals surface area contributed by atoms with E-state index in [1.807, 2.05) is 24.3 Å². The van der Waals surface area contributed by atoms with Crippen LogP contribution in [-0.4, -0.2) is 60.1 Å². The number of carbonyl (C=O) groups excluding carboxylic acids is 1. The molecular weight excluding hydrogens is 421 g/mol. The maximum absolute atomic E-state index is 13.7. The van der Waals surface area contributed by atoms with Crippen LogP contribution in [0.5, 0.6) is 5.88 Å². The Morgan fingerprint density at radius 1 is 1.06 bits per heavy atom. The summed E-state index contributed by atoms with van der Waals surface area (Å²) in [4.78, 5) is 25.0. The Morgan fingerprint density at radius 2 is 1.94 bits per heavy atom. The van der Waals surface area contributed by atoms with Crippen LogP contribution >= 0.6 is 0 Å². The van der Waals surface area contributed by atoms with Crippen LogP contribution in [0.2, 0.25) is 0 Å². The van der Waals surface area contributed by atoms with Gasteiger partial charge in [-0.1, -0.05) is 6.07 Å². The van der Waals surface area contributed by atoms with E-state index in [9.17, 15) is 9.18 Å². The number of piperazine rings is 1. The van der Waals surface area contributed by atoms with E-state index in [4.69, 9.17) is 4.74 Å². The van der Waals surface area contributed by atoms with Gasteiger partial charge in [0.1, 0.15) is 11.6 Å². The van der Waals surface area contributed by atoms with Gasteiger partial charge in [-0.25, -0.2) is 4.39 Å². The second-order valence-electron chi connectivity index (χ2n) is 8.59. The number of hydrogen-bond donors (Lipinski definition) is 1. The van der Waals surface area contributed by atoms with E-state index in [2.05, 4.69) is 31.2 Å². The van der Waals surface area contributed by atoms with Gasteiger partial charge in [-0.15, -0.1) is 0 Å². The molecule has 4 heterocycles. The fraction of sp³-hybridized carbons (Fsp3) is 0.400. The van der Waals surface area contributed by atoms with Gasteiger partial charge in [-0.05, 0) is 55.6 Å². The predicted octanol–water partition coefficient (Wildman–Crippen LogP) is 3.63. The number of carbonyl (C=O) groups is 1. The van der Waals surface area contributed by atoms with Crippen molar-refractivity contribution in [2.45, 2.75) is 25.7 Å². The van der Waals surface area contributed by atoms with Crippen LogP contribution in [0.15, 0.2) is 42.6 Å². The molecule has 0 saturated carbocycles. The molecule has 0 radical (unpaired) electrons. The van der Waals surface area contributed by atoms with Crippen molar-refractivity contribution in [3.8, 4) is 5.88 Å². The number of nitrogens with zero attached hydrogens (tertiary/aromatic N) is 4. The smallest absolute Gasteiger partial charge is 0.225 e. The Bertz CT molecular complexity index is 1150. The Hall–Kier alpha value is -3.26. The summed E-state index contributed by atoms with van der Waals surface area (Å²) in [6, 6.07) is 11.4. The Morgan fingerprint density at radius 3 is 2.82 bits per heavy atom. The second kappa shape index (κ2) is 9.70. The van der Waals surface area contributed by atoms with Crippen LogP contribution in [0.3, 0.4) is 0 Å². The lowest BCUT2D eigenvalue weighted by Gasteiger charge is -2.36. The molecule has 0 unspecified atom stereocenters. The Balaban J connectivity index is 1.06. The number of aromatic nitrogens is 2. The molecule has 0 spiro atoms. The molecule has 7 nitrogen and oxygen atoms in total. The SMILES string of the molecule is O=C1CCc2ccc(OCCCCN3CCN(c4cccc5ncc(F)cc45)CC3)nc2N1. The molecule has 3 aromatic rings. The highest BCUT2D eigenvalue weighted by Gasteiger charge is 2.19. The standard InChI is InChI=1S/C25H28FN5O2/c26-19-16-20-21(27-17-19)4-3-5-22(20)31-13-11-30(12-14-31)10-1-2-15-33-24-9-7-18-6-8-23(32)28-25(18)29-24/h3-5,7,9,16-17H,1-2,6,8,10-15H2,(H,28,29,32). The molecule has 0 atom stereocenters. The molecule has 8 heteroatoms.